The molecule has 0 aliphatic rings. The zero-order valence-corrected chi connectivity index (χ0v) is 12.7. The molecule has 19 heavy (non-hydrogen) atoms. The van der Waals surface area contributed by atoms with Gasteiger partial charge >= 0.3 is 0 Å². The minimum Gasteiger partial charge on any atom is -0.309 e. The van der Waals surface area contributed by atoms with Crippen molar-refractivity contribution in [1.82, 2.24) is 20.3 Å². The van der Waals surface area contributed by atoms with Gasteiger partial charge in [-0.2, -0.15) is 0 Å². The van der Waals surface area contributed by atoms with Crippen molar-refractivity contribution in [3.63, 3.8) is 0 Å². The number of nitrogens with one attached hydrogen (secondary N) is 1. The van der Waals surface area contributed by atoms with Gasteiger partial charge in [-0.05, 0) is 48.5 Å². The predicted molar refractivity (Wildman–Crippen MR) is 75.8 cm³/mol. The van der Waals surface area contributed by atoms with Crippen LogP contribution in [-0.2, 0) is 0 Å². The zero-order chi connectivity index (χ0) is 14.0. The highest BCUT2D eigenvalue weighted by Crippen LogP contribution is 2.26. The van der Waals surface area contributed by atoms with Gasteiger partial charge in [-0.1, -0.05) is 18.2 Å². The smallest absolute Gasteiger partial charge is 0.150 e. The maximum Gasteiger partial charge on any atom is 0.150 e. The molecule has 6 heteroatoms. The van der Waals surface area contributed by atoms with Crippen molar-refractivity contribution in [3.05, 3.63) is 39.9 Å². The summed E-state index contributed by atoms with van der Waals surface area (Å²) in [6, 6.07) is 4.93. The molecule has 1 N–H and O–H groups in total. The summed E-state index contributed by atoms with van der Waals surface area (Å²) in [5.41, 5.74) is 2.05. The second-order valence-corrected chi connectivity index (χ2v) is 5.18. The Hall–Kier alpha value is -1.27. The molecular weight excluding hydrogens is 311 g/mol. The monoisotopic (exact) mass is 326 g/mol. The molecule has 1 aromatic heterocycles. The fourth-order valence-corrected chi connectivity index (χ4v) is 2.56. The van der Waals surface area contributed by atoms with Gasteiger partial charge in [0.25, 0.3) is 0 Å². The van der Waals surface area contributed by atoms with Gasteiger partial charge in [0.2, 0.25) is 0 Å². The molecule has 1 heterocycles. The highest BCUT2D eigenvalue weighted by Gasteiger charge is 2.18. The quantitative estimate of drug-likeness (QED) is 0.938. The molecule has 0 fully saturated rings. The topological polar surface area (TPSA) is 42.7 Å². The Kier molecular flexibility index (Phi) is 4.31. The largest absolute Gasteiger partial charge is 0.309 e. The molecule has 0 amide bonds. The average Bonchev–Trinajstić information content (AvgIpc) is 2.72. The second-order valence-electron chi connectivity index (χ2n) is 4.32. The van der Waals surface area contributed by atoms with Crippen molar-refractivity contribution in [2.75, 3.05) is 6.54 Å². The Bertz CT molecular complexity index is 562. The van der Waals surface area contributed by atoms with E-state index < -0.39 is 0 Å². The van der Waals surface area contributed by atoms with Gasteiger partial charge < -0.3 is 5.32 Å². The maximum atomic E-state index is 13.9. The Labute approximate surface area is 120 Å². The molecule has 0 bridgehead atoms. The lowest BCUT2D eigenvalue weighted by molar-refractivity contribution is 0.579. The van der Waals surface area contributed by atoms with Gasteiger partial charge in [0.15, 0.2) is 0 Å². The molecule has 1 atom stereocenters. The first-order valence-corrected chi connectivity index (χ1v) is 6.95. The van der Waals surface area contributed by atoms with E-state index in [4.69, 9.17) is 0 Å². The highest BCUT2D eigenvalue weighted by atomic mass is 79.9. The van der Waals surface area contributed by atoms with E-state index in [2.05, 4.69) is 31.6 Å². The van der Waals surface area contributed by atoms with Crippen molar-refractivity contribution in [2.45, 2.75) is 26.8 Å². The van der Waals surface area contributed by atoms with Crippen LogP contribution in [0, 0.1) is 12.7 Å². The Morgan fingerprint density at radius 1 is 1.47 bits per heavy atom. The summed E-state index contributed by atoms with van der Waals surface area (Å²) in [5.74, 6) is -0.329. The van der Waals surface area contributed by atoms with Crippen molar-refractivity contribution < 1.29 is 4.39 Å². The summed E-state index contributed by atoms with van der Waals surface area (Å²) in [6.45, 7) is 6.78. The summed E-state index contributed by atoms with van der Waals surface area (Å²) in [7, 11) is 0. The van der Waals surface area contributed by atoms with E-state index in [1.54, 1.807) is 12.1 Å². The van der Waals surface area contributed by atoms with Crippen molar-refractivity contribution in [2.24, 2.45) is 0 Å². The predicted octanol–water partition coefficient (Wildman–Crippen LogP) is 3.15. The normalized spacial score (nSPS) is 12.7. The number of halogens is 2. The molecule has 4 nitrogen and oxygen atoms in total. The molecular formula is C13H16BrFN4. The average molecular weight is 327 g/mol. The zero-order valence-electron chi connectivity index (χ0n) is 11.1. The molecule has 102 valence electrons. The Morgan fingerprint density at radius 2 is 2.21 bits per heavy atom. The Balaban J connectivity index is 2.48. The van der Waals surface area contributed by atoms with Crippen LogP contribution in [0.15, 0.2) is 22.7 Å². The van der Waals surface area contributed by atoms with Gasteiger partial charge in [0, 0.05) is 4.47 Å². The standard InChI is InChI=1S/C13H16BrFN4/c1-4-16-8(2)12-9(3)19(18-17-12)13-10(14)6-5-7-11(13)15/h5-8,16H,4H2,1-3H3. The number of hydrogen-bond donors (Lipinski definition) is 1. The third kappa shape index (κ3) is 2.69. The lowest BCUT2D eigenvalue weighted by atomic mass is 10.2. The van der Waals surface area contributed by atoms with Crippen LogP contribution in [0.25, 0.3) is 5.69 Å². The minimum absolute atomic E-state index is 0.0873. The first kappa shape index (κ1) is 14.1. The highest BCUT2D eigenvalue weighted by molar-refractivity contribution is 9.10. The first-order chi connectivity index (χ1) is 9.06. The molecule has 1 aromatic carbocycles. The van der Waals surface area contributed by atoms with Crippen LogP contribution in [0.4, 0.5) is 4.39 Å². The van der Waals surface area contributed by atoms with E-state index in [-0.39, 0.29) is 11.9 Å². The molecule has 2 aromatic rings. The fraction of sp³-hybridized carbons (Fsp3) is 0.385. The lowest BCUT2D eigenvalue weighted by Crippen LogP contribution is -2.19. The van der Waals surface area contributed by atoms with Gasteiger partial charge in [-0.15, -0.1) is 5.10 Å². The summed E-state index contributed by atoms with van der Waals surface area (Å²) >= 11 is 3.35. The number of hydrogen-bond acceptors (Lipinski definition) is 3. The number of para-hydroxylation sites is 1. The number of nitrogens with zero attached hydrogens (tertiary/aromatic N) is 3. The third-order valence-electron chi connectivity index (χ3n) is 3.00. The van der Waals surface area contributed by atoms with E-state index >= 15 is 0 Å². The molecule has 2 rings (SSSR count). The molecule has 0 aliphatic heterocycles. The van der Waals surface area contributed by atoms with Crippen LogP contribution in [0.3, 0.4) is 0 Å². The molecule has 1 unspecified atom stereocenters. The van der Waals surface area contributed by atoms with Gasteiger partial charge in [0.05, 0.1) is 11.7 Å². The number of rotatable bonds is 4. The van der Waals surface area contributed by atoms with Crippen LogP contribution < -0.4 is 5.32 Å². The van der Waals surface area contributed by atoms with E-state index in [1.165, 1.54) is 10.7 Å². The fourth-order valence-electron chi connectivity index (χ4n) is 2.05. The Morgan fingerprint density at radius 3 is 2.84 bits per heavy atom. The van der Waals surface area contributed by atoms with E-state index in [0.29, 0.717) is 10.2 Å². The van der Waals surface area contributed by atoms with Crippen LogP contribution in [0.5, 0.6) is 0 Å². The summed E-state index contributed by atoms with van der Waals surface area (Å²) in [4.78, 5) is 0. The van der Waals surface area contributed by atoms with Gasteiger partial charge in [-0.3, -0.25) is 0 Å². The summed E-state index contributed by atoms with van der Waals surface area (Å²) < 4.78 is 16.1. The number of benzene rings is 1. The summed E-state index contributed by atoms with van der Waals surface area (Å²) in [5, 5.41) is 11.5. The van der Waals surface area contributed by atoms with Crippen molar-refractivity contribution in [1.29, 1.82) is 0 Å². The lowest BCUT2D eigenvalue weighted by Gasteiger charge is -2.11. The van der Waals surface area contributed by atoms with Crippen LogP contribution in [0.2, 0.25) is 0 Å². The SMILES string of the molecule is CCNC(C)c1nnn(-c2c(F)cccc2Br)c1C. The van der Waals surface area contributed by atoms with Crippen LogP contribution >= 0.6 is 15.9 Å². The van der Waals surface area contributed by atoms with Gasteiger partial charge in [-0.25, -0.2) is 9.07 Å². The molecule has 0 saturated heterocycles. The van der Waals surface area contributed by atoms with Crippen LogP contribution in [0.1, 0.15) is 31.3 Å². The third-order valence-corrected chi connectivity index (χ3v) is 3.64. The van der Waals surface area contributed by atoms with E-state index in [1.807, 2.05) is 20.8 Å². The first-order valence-electron chi connectivity index (χ1n) is 6.16. The molecule has 0 saturated carbocycles. The molecule has 0 radical (unpaired) electrons. The molecule has 0 spiro atoms. The molecule has 0 aliphatic carbocycles. The van der Waals surface area contributed by atoms with Crippen molar-refractivity contribution >= 4 is 15.9 Å². The summed E-state index contributed by atoms with van der Waals surface area (Å²) in [6.07, 6.45) is 0. The van der Waals surface area contributed by atoms with E-state index in [9.17, 15) is 4.39 Å². The second kappa shape index (κ2) is 5.79. The minimum atomic E-state index is -0.329. The van der Waals surface area contributed by atoms with Crippen molar-refractivity contribution in [3.8, 4) is 5.69 Å². The van der Waals surface area contributed by atoms with Gasteiger partial charge in [0.1, 0.15) is 17.2 Å². The maximum absolute atomic E-state index is 13.9. The number of aromatic nitrogens is 3. The van der Waals surface area contributed by atoms with E-state index in [0.717, 1.165) is 17.9 Å². The van der Waals surface area contributed by atoms with Crippen LogP contribution in [-0.4, -0.2) is 21.5 Å².